The fraction of sp³-hybridized carbons (Fsp3) is 0.900. The number of rotatable bonds is 4. The number of β-amino-alcohol motifs (C(OH)–C–C–N with tert-alkyl or cyclic N) is 1. The number of hydrogen-bond acceptors (Lipinski definition) is 4. The van der Waals surface area contributed by atoms with E-state index >= 15 is 0 Å². The molecule has 0 saturated carbocycles. The minimum atomic E-state index is -0.605. The second-order valence-electron chi connectivity index (χ2n) is 4.21. The van der Waals surface area contributed by atoms with Gasteiger partial charge >= 0.3 is 5.97 Å². The average Bonchev–Trinajstić information content (AvgIpc) is 2.01. The monoisotopic (exact) mass is 201 g/mol. The molecule has 0 amide bonds. The highest BCUT2D eigenvalue weighted by Gasteiger charge is 2.44. The third kappa shape index (κ3) is 2.45. The molecule has 0 aliphatic carbocycles. The van der Waals surface area contributed by atoms with Crippen LogP contribution in [0.25, 0.3) is 0 Å². The SMILES string of the molecule is CCOC(=O)CN1CC(O)(C(C)C)C1. The molecule has 0 aromatic carbocycles. The smallest absolute Gasteiger partial charge is 0.320 e. The minimum absolute atomic E-state index is 0.210. The molecule has 4 heteroatoms. The molecule has 0 spiro atoms. The zero-order valence-corrected chi connectivity index (χ0v) is 9.12. The van der Waals surface area contributed by atoms with Crippen LogP contribution in [0.3, 0.4) is 0 Å². The van der Waals surface area contributed by atoms with Crippen molar-refractivity contribution in [1.29, 1.82) is 0 Å². The van der Waals surface area contributed by atoms with E-state index in [0.717, 1.165) is 0 Å². The van der Waals surface area contributed by atoms with Crippen LogP contribution in [0.2, 0.25) is 0 Å². The maximum Gasteiger partial charge on any atom is 0.320 e. The first-order valence-corrected chi connectivity index (χ1v) is 5.08. The van der Waals surface area contributed by atoms with E-state index in [0.29, 0.717) is 26.2 Å². The average molecular weight is 201 g/mol. The minimum Gasteiger partial charge on any atom is -0.465 e. The lowest BCUT2D eigenvalue weighted by molar-refractivity contribution is -0.158. The van der Waals surface area contributed by atoms with E-state index in [1.54, 1.807) is 6.92 Å². The van der Waals surface area contributed by atoms with Crippen molar-refractivity contribution in [2.75, 3.05) is 26.2 Å². The molecule has 0 aromatic heterocycles. The van der Waals surface area contributed by atoms with Crippen molar-refractivity contribution in [3.8, 4) is 0 Å². The standard InChI is InChI=1S/C10H19NO3/c1-4-14-9(12)5-11-6-10(13,7-11)8(2)3/h8,13H,4-7H2,1-3H3. The summed E-state index contributed by atoms with van der Waals surface area (Å²) in [5.41, 5.74) is -0.605. The van der Waals surface area contributed by atoms with Crippen molar-refractivity contribution in [2.24, 2.45) is 5.92 Å². The van der Waals surface area contributed by atoms with Gasteiger partial charge in [-0.1, -0.05) is 13.8 Å². The van der Waals surface area contributed by atoms with Crippen LogP contribution in [-0.4, -0.2) is 47.8 Å². The second-order valence-corrected chi connectivity index (χ2v) is 4.21. The van der Waals surface area contributed by atoms with Crippen molar-refractivity contribution in [2.45, 2.75) is 26.4 Å². The van der Waals surface area contributed by atoms with Crippen LogP contribution in [-0.2, 0) is 9.53 Å². The summed E-state index contributed by atoms with van der Waals surface area (Å²) < 4.78 is 4.81. The topological polar surface area (TPSA) is 49.8 Å². The Morgan fingerprint density at radius 1 is 1.57 bits per heavy atom. The number of likely N-dealkylation sites (tertiary alicyclic amines) is 1. The highest BCUT2D eigenvalue weighted by molar-refractivity contribution is 5.71. The van der Waals surface area contributed by atoms with Gasteiger partial charge < -0.3 is 9.84 Å². The molecule has 0 unspecified atom stereocenters. The van der Waals surface area contributed by atoms with Gasteiger partial charge in [0.1, 0.15) is 0 Å². The van der Waals surface area contributed by atoms with Gasteiger partial charge in [-0.2, -0.15) is 0 Å². The molecule has 1 aliphatic rings. The summed E-state index contributed by atoms with van der Waals surface area (Å²) in [5.74, 6) is 0.0271. The van der Waals surface area contributed by atoms with Gasteiger partial charge in [0, 0.05) is 13.1 Å². The molecule has 4 nitrogen and oxygen atoms in total. The summed E-state index contributed by atoms with van der Waals surface area (Å²) in [4.78, 5) is 13.0. The predicted molar refractivity (Wildman–Crippen MR) is 52.9 cm³/mol. The van der Waals surface area contributed by atoms with Crippen LogP contribution in [0.15, 0.2) is 0 Å². The van der Waals surface area contributed by atoms with Crippen LogP contribution in [0.5, 0.6) is 0 Å². The van der Waals surface area contributed by atoms with Crippen LogP contribution in [0, 0.1) is 5.92 Å². The first kappa shape index (κ1) is 11.5. The van der Waals surface area contributed by atoms with Crippen LogP contribution < -0.4 is 0 Å². The Labute approximate surface area is 84.8 Å². The van der Waals surface area contributed by atoms with E-state index in [9.17, 15) is 9.90 Å². The summed E-state index contributed by atoms with van der Waals surface area (Å²) in [6, 6.07) is 0. The highest BCUT2D eigenvalue weighted by Crippen LogP contribution is 2.27. The van der Waals surface area contributed by atoms with E-state index in [1.165, 1.54) is 0 Å². The lowest BCUT2D eigenvalue weighted by Crippen LogP contribution is -2.65. The molecule has 14 heavy (non-hydrogen) atoms. The van der Waals surface area contributed by atoms with Crippen LogP contribution in [0.1, 0.15) is 20.8 Å². The van der Waals surface area contributed by atoms with Gasteiger partial charge in [-0.15, -0.1) is 0 Å². The lowest BCUT2D eigenvalue weighted by atomic mass is 9.83. The van der Waals surface area contributed by atoms with Crippen LogP contribution >= 0.6 is 0 Å². The number of aliphatic hydroxyl groups is 1. The number of carbonyl (C=O) groups excluding carboxylic acids is 1. The third-order valence-corrected chi connectivity index (χ3v) is 2.73. The fourth-order valence-electron chi connectivity index (χ4n) is 1.59. The molecule has 1 fully saturated rings. The fourth-order valence-corrected chi connectivity index (χ4v) is 1.59. The van der Waals surface area contributed by atoms with E-state index in [-0.39, 0.29) is 11.9 Å². The van der Waals surface area contributed by atoms with E-state index in [2.05, 4.69) is 0 Å². The van der Waals surface area contributed by atoms with Gasteiger partial charge in [0.2, 0.25) is 0 Å². The summed E-state index contributed by atoms with van der Waals surface area (Å²) >= 11 is 0. The first-order valence-electron chi connectivity index (χ1n) is 5.08. The molecular weight excluding hydrogens is 182 g/mol. The Hall–Kier alpha value is -0.610. The molecule has 82 valence electrons. The van der Waals surface area contributed by atoms with Crippen molar-refractivity contribution in [1.82, 2.24) is 4.90 Å². The van der Waals surface area contributed by atoms with Crippen molar-refractivity contribution < 1.29 is 14.6 Å². The zero-order valence-electron chi connectivity index (χ0n) is 9.12. The molecule has 0 aromatic rings. The maximum atomic E-state index is 11.1. The lowest BCUT2D eigenvalue weighted by Gasteiger charge is -2.48. The van der Waals surface area contributed by atoms with E-state index in [4.69, 9.17) is 4.74 Å². The molecule has 1 heterocycles. The number of carbonyl (C=O) groups is 1. The highest BCUT2D eigenvalue weighted by atomic mass is 16.5. The molecule has 1 N–H and O–H groups in total. The van der Waals surface area contributed by atoms with E-state index in [1.807, 2.05) is 18.7 Å². The van der Waals surface area contributed by atoms with Gasteiger partial charge in [-0.3, -0.25) is 9.69 Å². The third-order valence-electron chi connectivity index (χ3n) is 2.73. The van der Waals surface area contributed by atoms with Crippen molar-refractivity contribution in [3.63, 3.8) is 0 Å². The quantitative estimate of drug-likeness (QED) is 0.662. The molecule has 1 aliphatic heterocycles. The predicted octanol–water partition coefficient (Wildman–Crippen LogP) is 0.252. The van der Waals surface area contributed by atoms with Gasteiger partial charge in [0.05, 0.1) is 18.8 Å². The Morgan fingerprint density at radius 3 is 2.57 bits per heavy atom. The second kappa shape index (κ2) is 4.28. The number of hydrogen-bond donors (Lipinski definition) is 1. The number of ether oxygens (including phenoxy) is 1. The molecule has 0 bridgehead atoms. The van der Waals surface area contributed by atoms with Crippen molar-refractivity contribution in [3.05, 3.63) is 0 Å². The Bertz CT molecular complexity index is 209. The Morgan fingerprint density at radius 2 is 2.14 bits per heavy atom. The normalized spacial score (nSPS) is 20.6. The summed E-state index contributed by atoms with van der Waals surface area (Å²) in [6.45, 7) is 7.62. The van der Waals surface area contributed by atoms with Gasteiger partial charge in [-0.25, -0.2) is 0 Å². The van der Waals surface area contributed by atoms with Gasteiger partial charge in [0.25, 0.3) is 0 Å². The number of esters is 1. The molecule has 1 rings (SSSR count). The van der Waals surface area contributed by atoms with Crippen LogP contribution in [0.4, 0.5) is 0 Å². The molecule has 0 radical (unpaired) electrons. The Balaban J connectivity index is 2.25. The van der Waals surface area contributed by atoms with Gasteiger partial charge in [0.15, 0.2) is 0 Å². The molecule has 0 atom stereocenters. The summed E-state index contributed by atoms with van der Waals surface area (Å²) in [7, 11) is 0. The molecular formula is C10H19NO3. The van der Waals surface area contributed by atoms with Gasteiger partial charge in [-0.05, 0) is 12.8 Å². The Kier molecular flexibility index (Phi) is 3.50. The summed E-state index contributed by atoms with van der Waals surface area (Å²) in [6.07, 6.45) is 0. The zero-order chi connectivity index (χ0) is 10.8. The first-order chi connectivity index (χ1) is 6.48. The van der Waals surface area contributed by atoms with Crippen molar-refractivity contribution >= 4 is 5.97 Å². The van der Waals surface area contributed by atoms with E-state index < -0.39 is 5.60 Å². The largest absolute Gasteiger partial charge is 0.465 e. The summed E-state index contributed by atoms with van der Waals surface area (Å²) in [5, 5.41) is 9.91. The number of nitrogens with zero attached hydrogens (tertiary/aromatic N) is 1. The maximum absolute atomic E-state index is 11.1. The molecule has 1 saturated heterocycles.